The van der Waals surface area contributed by atoms with Gasteiger partial charge in [-0.1, -0.05) is 13.8 Å². The third-order valence-electron chi connectivity index (χ3n) is 3.44. The standard InChI is InChI=1S/C12H21N3/c1-4-9(5-2)11-12(13)15(8(3)14-11)10-6-7-10/h9-10H,4-7,13H2,1-3H3. The SMILES string of the molecule is CCC(CC)c1nc(C)n(C2CC2)c1N. The van der Waals surface area contributed by atoms with Crippen LogP contribution in [0.15, 0.2) is 0 Å². The molecule has 1 aliphatic rings. The van der Waals surface area contributed by atoms with Gasteiger partial charge in [-0.05, 0) is 32.6 Å². The lowest BCUT2D eigenvalue weighted by atomic mass is 9.99. The lowest BCUT2D eigenvalue weighted by Gasteiger charge is -2.11. The first-order chi connectivity index (χ1) is 7.19. The number of rotatable bonds is 4. The van der Waals surface area contributed by atoms with E-state index in [1.54, 1.807) is 0 Å². The third kappa shape index (κ3) is 1.75. The van der Waals surface area contributed by atoms with Crippen molar-refractivity contribution < 1.29 is 0 Å². The van der Waals surface area contributed by atoms with Crippen LogP contribution in [0.2, 0.25) is 0 Å². The molecule has 0 unspecified atom stereocenters. The summed E-state index contributed by atoms with van der Waals surface area (Å²) in [6, 6.07) is 0.639. The van der Waals surface area contributed by atoms with Gasteiger partial charge in [0.25, 0.3) is 0 Å². The molecule has 0 aliphatic heterocycles. The van der Waals surface area contributed by atoms with Crippen molar-refractivity contribution in [3.05, 3.63) is 11.5 Å². The summed E-state index contributed by atoms with van der Waals surface area (Å²) in [6.45, 7) is 6.48. The van der Waals surface area contributed by atoms with Crippen LogP contribution in [-0.2, 0) is 0 Å². The van der Waals surface area contributed by atoms with Gasteiger partial charge >= 0.3 is 0 Å². The molecule has 2 rings (SSSR count). The molecule has 2 N–H and O–H groups in total. The van der Waals surface area contributed by atoms with Crippen molar-refractivity contribution in [3.63, 3.8) is 0 Å². The summed E-state index contributed by atoms with van der Waals surface area (Å²) in [4.78, 5) is 4.65. The zero-order valence-electron chi connectivity index (χ0n) is 9.95. The minimum atomic E-state index is 0.531. The second-order valence-corrected chi connectivity index (χ2v) is 4.54. The molecular weight excluding hydrogens is 186 g/mol. The van der Waals surface area contributed by atoms with Crippen LogP contribution in [-0.4, -0.2) is 9.55 Å². The Morgan fingerprint density at radius 1 is 1.40 bits per heavy atom. The van der Waals surface area contributed by atoms with Crippen LogP contribution in [0, 0.1) is 6.92 Å². The first-order valence-corrected chi connectivity index (χ1v) is 6.03. The van der Waals surface area contributed by atoms with E-state index in [4.69, 9.17) is 5.73 Å². The molecule has 0 amide bonds. The van der Waals surface area contributed by atoms with Crippen LogP contribution < -0.4 is 5.73 Å². The van der Waals surface area contributed by atoms with Crippen molar-refractivity contribution in [2.75, 3.05) is 5.73 Å². The van der Waals surface area contributed by atoms with Gasteiger partial charge in [0.05, 0.1) is 5.69 Å². The van der Waals surface area contributed by atoms with Crippen LogP contribution in [0.3, 0.4) is 0 Å². The van der Waals surface area contributed by atoms with Crippen molar-refractivity contribution in [1.29, 1.82) is 0 Å². The molecule has 3 nitrogen and oxygen atoms in total. The number of nitrogens with zero attached hydrogens (tertiary/aromatic N) is 2. The molecule has 84 valence electrons. The normalized spacial score (nSPS) is 16.3. The summed E-state index contributed by atoms with van der Waals surface area (Å²) in [5.41, 5.74) is 7.33. The average molecular weight is 207 g/mol. The summed E-state index contributed by atoms with van der Waals surface area (Å²) >= 11 is 0. The quantitative estimate of drug-likeness (QED) is 0.824. The Kier molecular flexibility index (Phi) is 2.72. The maximum absolute atomic E-state index is 6.20. The Labute approximate surface area is 91.7 Å². The topological polar surface area (TPSA) is 43.8 Å². The predicted octanol–water partition coefficient (Wildman–Crippen LogP) is 3.01. The maximum Gasteiger partial charge on any atom is 0.127 e. The molecule has 0 bridgehead atoms. The number of hydrogen-bond donors (Lipinski definition) is 1. The summed E-state index contributed by atoms with van der Waals surface area (Å²) in [5, 5.41) is 0. The fourth-order valence-corrected chi connectivity index (χ4v) is 2.35. The zero-order chi connectivity index (χ0) is 11.0. The van der Waals surface area contributed by atoms with Gasteiger partial charge in [-0.2, -0.15) is 0 Å². The lowest BCUT2D eigenvalue weighted by Crippen LogP contribution is -2.05. The highest BCUT2D eigenvalue weighted by atomic mass is 15.2. The second kappa shape index (κ2) is 3.87. The number of nitrogen functional groups attached to an aromatic ring is 1. The van der Waals surface area contributed by atoms with Gasteiger partial charge in [-0.3, -0.25) is 0 Å². The van der Waals surface area contributed by atoms with Crippen molar-refractivity contribution in [3.8, 4) is 0 Å². The smallest absolute Gasteiger partial charge is 0.127 e. The molecule has 0 aromatic carbocycles. The van der Waals surface area contributed by atoms with E-state index in [9.17, 15) is 0 Å². The van der Waals surface area contributed by atoms with Crippen LogP contribution in [0.1, 0.15) is 63.0 Å². The zero-order valence-corrected chi connectivity index (χ0v) is 9.95. The van der Waals surface area contributed by atoms with Crippen molar-refractivity contribution in [1.82, 2.24) is 9.55 Å². The van der Waals surface area contributed by atoms with E-state index in [0.29, 0.717) is 12.0 Å². The summed E-state index contributed by atoms with van der Waals surface area (Å²) in [7, 11) is 0. The Morgan fingerprint density at radius 3 is 2.47 bits per heavy atom. The summed E-state index contributed by atoms with van der Waals surface area (Å²) in [5.74, 6) is 2.55. The van der Waals surface area contributed by atoms with Crippen LogP contribution in [0.5, 0.6) is 0 Å². The average Bonchev–Trinajstić information content (AvgIpc) is 2.98. The minimum Gasteiger partial charge on any atom is -0.384 e. The maximum atomic E-state index is 6.20. The molecule has 1 aromatic heterocycles. The molecule has 1 saturated carbocycles. The van der Waals surface area contributed by atoms with Gasteiger partial charge in [0.1, 0.15) is 11.6 Å². The second-order valence-electron chi connectivity index (χ2n) is 4.54. The van der Waals surface area contributed by atoms with E-state index in [0.717, 1.165) is 30.2 Å². The number of imidazole rings is 1. The van der Waals surface area contributed by atoms with E-state index in [1.807, 2.05) is 0 Å². The molecule has 3 heteroatoms. The number of hydrogen-bond acceptors (Lipinski definition) is 2. The highest BCUT2D eigenvalue weighted by Crippen LogP contribution is 2.40. The van der Waals surface area contributed by atoms with Crippen LogP contribution in [0.4, 0.5) is 5.82 Å². The first kappa shape index (κ1) is 10.5. The van der Waals surface area contributed by atoms with Gasteiger partial charge in [0.15, 0.2) is 0 Å². The monoisotopic (exact) mass is 207 g/mol. The Balaban J connectivity index is 2.35. The fraction of sp³-hybridized carbons (Fsp3) is 0.750. The summed E-state index contributed by atoms with van der Waals surface area (Å²) < 4.78 is 2.23. The minimum absolute atomic E-state index is 0.531. The van der Waals surface area contributed by atoms with E-state index in [1.165, 1.54) is 12.8 Å². The van der Waals surface area contributed by atoms with E-state index in [-0.39, 0.29) is 0 Å². The molecule has 1 aliphatic carbocycles. The van der Waals surface area contributed by atoms with Gasteiger partial charge in [0.2, 0.25) is 0 Å². The van der Waals surface area contributed by atoms with Crippen molar-refractivity contribution in [2.45, 2.75) is 58.4 Å². The molecule has 1 heterocycles. The Hall–Kier alpha value is -0.990. The highest BCUT2D eigenvalue weighted by molar-refractivity contribution is 5.41. The predicted molar refractivity (Wildman–Crippen MR) is 63.0 cm³/mol. The molecule has 0 saturated heterocycles. The fourth-order valence-electron chi connectivity index (χ4n) is 2.35. The van der Waals surface area contributed by atoms with Gasteiger partial charge in [0, 0.05) is 12.0 Å². The molecule has 15 heavy (non-hydrogen) atoms. The molecule has 0 radical (unpaired) electrons. The molecular formula is C12H21N3. The molecule has 0 atom stereocenters. The number of aromatic nitrogens is 2. The Morgan fingerprint density at radius 2 is 2.00 bits per heavy atom. The van der Waals surface area contributed by atoms with Gasteiger partial charge < -0.3 is 10.3 Å². The highest BCUT2D eigenvalue weighted by Gasteiger charge is 2.29. The lowest BCUT2D eigenvalue weighted by molar-refractivity contribution is 0.627. The van der Waals surface area contributed by atoms with Crippen molar-refractivity contribution in [2.24, 2.45) is 0 Å². The molecule has 0 spiro atoms. The van der Waals surface area contributed by atoms with Gasteiger partial charge in [-0.25, -0.2) is 4.98 Å². The molecule has 1 fully saturated rings. The number of anilines is 1. The van der Waals surface area contributed by atoms with Crippen LogP contribution >= 0.6 is 0 Å². The number of aryl methyl sites for hydroxylation is 1. The van der Waals surface area contributed by atoms with Gasteiger partial charge in [-0.15, -0.1) is 0 Å². The summed E-state index contributed by atoms with van der Waals surface area (Å²) in [6.07, 6.45) is 4.79. The largest absolute Gasteiger partial charge is 0.384 e. The number of nitrogens with two attached hydrogens (primary N) is 1. The first-order valence-electron chi connectivity index (χ1n) is 6.03. The van der Waals surface area contributed by atoms with E-state index < -0.39 is 0 Å². The van der Waals surface area contributed by atoms with E-state index in [2.05, 4.69) is 30.3 Å². The third-order valence-corrected chi connectivity index (χ3v) is 3.44. The van der Waals surface area contributed by atoms with E-state index >= 15 is 0 Å². The molecule has 1 aromatic rings. The Bertz CT molecular complexity index is 346. The van der Waals surface area contributed by atoms with Crippen molar-refractivity contribution >= 4 is 5.82 Å². The van der Waals surface area contributed by atoms with Crippen LogP contribution in [0.25, 0.3) is 0 Å².